The molecule has 0 amide bonds. The summed E-state index contributed by atoms with van der Waals surface area (Å²) in [7, 11) is -1.59. The average Bonchev–Trinajstić information content (AvgIpc) is 2.01. The minimum Gasteiger partial charge on any atom is -0.393 e. The molecule has 5 heteroatoms. The van der Waals surface area contributed by atoms with E-state index in [0.717, 1.165) is 0 Å². The molecule has 0 aromatic rings. The van der Waals surface area contributed by atoms with E-state index in [0.29, 0.717) is 25.3 Å². The Balaban J connectivity index is 2.41. The maximum absolute atomic E-state index is 11.5. The van der Waals surface area contributed by atoms with Gasteiger partial charge in [-0.1, -0.05) is 6.08 Å². The standard InChI is InChI=1S/C9H17NO3S/c1-3-4-14(12,13)10(2)7-8-5-9(11)6-8/h3,8-9,11H,1,4-7H2,2H3. The van der Waals surface area contributed by atoms with Crippen LogP contribution in [0.1, 0.15) is 12.8 Å². The highest BCUT2D eigenvalue weighted by Crippen LogP contribution is 2.28. The van der Waals surface area contributed by atoms with Gasteiger partial charge in [-0.2, -0.15) is 0 Å². The van der Waals surface area contributed by atoms with Crippen LogP contribution in [0.2, 0.25) is 0 Å². The maximum Gasteiger partial charge on any atom is 0.217 e. The number of hydrogen-bond donors (Lipinski definition) is 1. The van der Waals surface area contributed by atoms with E-state index in [9.17, 15) is 8.42 Å². The molecule has 14 heavy (non-hydrogen) atoms. The molecular formula is C9H17NO3S. The largest absolute Gasteiger partial charge is 0.393 e. The van der Waals surface area contributed by atoms with Crippen LogP contribution in [-0.2, 0) is 10.0 Å². The molecule has 1 rings (SSSR count). The Hall–Kier alpha value is -0.390. The van der Waals surface area contributed by atoms with Crippen LogP contribution >= 0.6 is 0 Å². The molecule has 1 saturated carbocycles. The third-order valence-corrected chi connectivity index (χ3v) is 4.29. The smallest absolute Gasteiger partial charge is 0.217 e. The number of nitrogens with zero attached hydrogens (tertiary/aromatic N) is 1. The molecule has 82 valence electrons. The molecule has 0 saturated heterocycles. The quantitative estimate of drug-likeness (QED) is 0.672. The fourth-order valence-electron chi connectivity index (χ4n) is 1.60. The highest BCUT2D eigenvalue weighted by Gasteiger charge is 2.30. The first-order valence-corrected chi connectivity index (χ1v) is 6.29. The van der Waals surface area contributed by atoms with Crippen molar-refractivity contribution in [3.63, 3.8) is 0 Å². The molecule has 0 atom stereocenters. The maximum atomic E-state index is 11.5. The molecule has 1 aliphatic rings. The number of aliphatic hydroxyl groups is 1. The van der Waals surface area contributed by atoms with Crippen molar-refractivity contribution in [3.05, 3.63) is 12.7 Å². The summed E-state index contributed by atoms with van der Waals surface area (Å²) in [5, 5.41) is 9.05. The lowest BCUT2D eigenvalue weighted by Crippen LogP contribution is -2.40. The van der Waals surface area contributed by atoms with Crippen LogP contribution in [0, 0.1) is 5.92 Å². The van der Waals surface area contributed by atoms with Gasteiger partial charge in [0.1, 0.15) is 0 Å². The van der Waals surface area contributed by atoms with E-state index in [1.807, 2.05) is 0 Å². The van der Waals surface area contributed by atoms with Crippen molar-refractivity contribution in [1.82, 2.24) is 4.31 Å². The van der Waals surface area contributed by atoms with Crippen molar-refractivity contribution >= 4 is 10.0 Å². The third-order valence-electron chi connectivity index (χ3n) is 2.53. The summed E-state index contributed by atoms with van der Waals surface area (Å²) in [6.45, 7) is 3.91. The van der Waals surface area contributed by atoms with E-state index in [1.165, 1.54) is 10.4 Å². The Labute approximate surface area is 85.3 Å². The first kappa shape index (κ1) is 11.7. The molecule has 1 aliphatic carbocycles. The van der Waals surface area contributed by atoms with Gasteiger partial charge in [-0.15, -0.1) is 6.58 Å². The van der Waals surface area contributed by atoms with Crippen LogP contribution in [-0.4, -0.2) is 43.3 Å². The molecular weight excluding hydrogens is 202 g/mol. The topological polar surface area (TPSA) is 57.6 Å². The van der Waals surface area contributed by atoms with E-state index in [4.69, 9.17) is 5.11 Å². The predicted molar refractivity (Wildman–Crippen MR) is 55.3 cm³/mol. The van der Waals surface area contributed by atoms with Crippen LogP contribution < -0.4 is 0 Å². The van der Waals surface area contributed by atoms with Gasteiger partial charge >= 0.3 is 0 Å². The van der Waals surface area contributed by atoms with Gasteiger partial charge in [0, 0.05) is 13.6 Å². The van der Waals surface area contributed by atoms with Crippen LogP contribution in [0.25, 0.3) is 0 Å². The SMILES string of the molecule is C=CCS(=O)(=O)N(C)CC1CC(O)C1. The van der Waals surface area contributed by atoms with Gasteiger partial charge in [0.05, 0.1) is 11.9 Å². The second-order valence-corrected chi connectivity index (χ2v) is 5.96. The van der Waals surface area contributed by atoms with Crippen LogP contribution in [0.4, 0.5) is 0 Å². The van der Waals surface area contributed by atoms with Crippen molar-refractivity contribution in [3.8, 4) is 0 Å². The zero-order valence-corrected chi connectivity index (χ0v) is 9.20. The highest BCUT2D eigenvalue weighted by atomic mass is 32.2. The van der Waals surface area contributed by atoms with Gasteiger partial charge in [-0.25, -0.2) is 12.7 Å². The molecule has 1 fully saturated rings. The summed E-state index contributed by atoms with van der Waals surface area (Å²) >= 11 is 0. The summed E-state index contributed by atoms with van der Waals surface area (Å²) in [5.74, 6) is 0.299. The van der Waals surface area contributed by atoms with E-state index in [2.05, 4.69) is 6.58 Å². The van der Waals surface area contributed by atoms with Gasteiger partial charge in [0.2, 0.25) is 10.0 Å². The summed E-state index contributed by atoms with van der Waals surface area (Å²) in [4.78, 5) is 0. The first-order chi connectivity index (χ1) is 6.45. The summed E-state index contributed by atoms with van der Waals surface area (Å²) in [6, 6.07) is 0. The molecule has 0 heterocycles. The normalized spacial score (nSPS) is 27.4. The van der Waals surface area contributed by atoms with Crippen LogP contribution in [0.3, 0.4) is 0 Å². The molecule has 0 aliphatic heterocycles. The Morgan fingerprint density at radius 2 is 2.14 bits per heavy atom. The molecule has 4 nitrogen and oxygen atoms in total. The monoisotopic (exact) mass is 219 g/mol. The molecule has 0 aromatic carbocycles. The Kier molecular flexibility index (Phi) is 3.69. The first-order valence-electron chi connectivity index (χ1n) is 4.68. The lowest BCUT2D eigenvalue weighted by atomic mass is 9.82. The van der Waals surface area contributed by atoms with Crippen LogP contribution in [0.5, 0.6) is 0 Å². The number of rotatable bonds is 5. The van der Waals surface area contributed by atoms with E-state index in [1.54, 1.807) is 7.05 Å². The Morgan fingerprint density at radius 3 is 2.57 bits per heavy atom. The van der Waals surface area contributed by atoms with Gasteiger partial charge < -0.3 is 5.11 Å². The van der Waals surface area contributed by atoms with Crippen molar-refractivity contribution in [2.75, 3.05) is 19.3 Å². The molecule has 0 aromatic heterocycles. The second-order valence-electron chi connectivity index (χ2n) is 3.84. The third kappa shape index (κ3) is 2.80. The second kappa shape index (κ2) is 4.42. The van der Waals surface area contributed by atoms with Crippen LogP contribution in [0.15, 0.2) is 12.7 Å². The van der Waals surface area contributed by atoms with Crippen molar-refractivity contribution in [2.24, 2.45) is 5.92 Å². The van der Waals surface area contributed by atoms with Gasteiger partial charge in [0.25, 0.3) is 0 Å². The summed E-state index contributed by atoms with van der Waals surface area (Å²) in [5.41, 5.74) is 0. The van der Waals surface area contributed by atoms with Crippen molar-refractivity contribution < 1.29 is 13.5 Å². The summed E-state index contributed by atoms with van der Waals surface area (Å²) in [6.07, 6.45) is 2.60. The minimum absolute atomic E-state index is 0.0151. The van der Waals surface area contributed by atoms with Gasteiger partial charge in [-0.3, -0.25) is 0 Å². The van der Waals surface area contributed by atoms with Gasteiger partial charge in [0.15, 0.2) is 0 Å². The van der Waals surface area contributed by atoms with E-state index in [-0.39, 0.29) is 11.9 Å². The number of aliphatic hydroxyl groups excluding tert-OH is 1. The highest BCUT2D eigenvalue weighted by molar-refractivity contribution is 7.89. The molecule has 0 radical (unpaired) electrons. The van der Waals surface area contributed by atoms with Gasteiger partial charge in [-0.05, 0) is 18.8 Å². The number of sulfonamides is 1. The lowest BCUT2D eigenvalue weighted by molar-refractivity contribution is 0.0367. The van der Waals surface area contributed by atoms with E-state index < -0.39 is 10.0 Å². The zero-order chi connectivity index (χ0) is 10.8. The fraction of sp³-hybridized carbons (Fsp3) is 0.778. The molecule has 0 unspecified atom stereocenters. The fourth-order valence-corrected chi connectivity index (χ4v) is 2.59. The zero-order valence-electron chi connectivity index (χ0n) is 8.39. The molecule has 0 spiro atoms. The minimum atomic E-state index is -3.17. The van der Waals surface area contributed by atoms with Crippen molar-refractivity contribution in [2.45, 2.75) is 18.9 Å². The Bertz CT molecular complexity index is 293. The average molecular weight is 219 g/mol. The predicted octanol–water partition coefficient (Wildman–Crippen LogP) is 0.205. The summed E-state index contributed by atoms with van der Waals surface area (Å²) < 4.78 is 24.3. The van der Waals surface area contributed by atoms with Crippen molar-refractivity contribution in [1.29, 1.82) is 0 Å². The molecule has 0 bridgehead atoms. The Morgan fingerprint density at radius 1 is 1.57 bits per heavy atom. The number of hydrogen-bond acceptors (Lipinski definition) is 3. The van der Waals surface area contributed by atoms with E-state index >= 15 is 0 Å². The molecule has 1 N–H and O–H groups in total. The lowest BCUT2D eigenvalue weighted by Gasteiger charge is -2.33.